The van der Waals surface area contributed by atoms with Crippen molar-refractivity contribution in [3.05, 3.63) is 187 Å². The molecule has 3 N–H and O–H groups in total. The Hall–Kier alpha value is -6.70. The van der Waals surface area contributed by atoms with Crippen LogP contribution in [0.15, 0.2) is 184 Å². The minimum absolute atomic E-state index is 0.0204. The number of hydrogen-bond donors (Lipinski definition) is 3. The first-order chi connectivity index (χ1) is 28.3. The number of nitrogens with one attached hydrogen (secondary N) is 3. The molecule has 6 nitrogen and oxygen atoms in total. The van der Waals surface area contributed by atoms with Crippen molar-refractivity contribution in [1.82, 2.24) is 20.5 Å². The molecule has 1 aliphatic carbocycles. The summed E-state index contributed by atoms with van der Waals surface area (Å²) in [4.78, 5) is 0. The van der Waals surface area contributed by atoms with Gasteiger partial charge in [-0.3, -0.25) is 16.0 Å². The number of rotatable bonds is 5. The first-order valence-electron chi connectivity index (χ1n) is 19.8. The Balaban J connectivity index is 0.977. The van der Waals surface area contributed by atoms with E-state index in [1.54, 1.807) is 0 Å². The molecule has 274 valence electrons. The Morgan fingerprint density at radius 1 is 0.509 bits per heavy atom. The highest BCUT2D eigenvalue weighted by molar-refractivity contribution is 6.14. The predicted octanol–water partition coefficient (Wildman–Crippen LogP) is 12.3. The van der Waals surface area contributed by atoms with Crippen LogP contribution in [0, 0.1) is 0 Å². The smallest absolute Gasteiger partial charge is 0.159 e. The van der Waals surface area contributed by atoms with Gasteiger partial charge in [-0.05, 0) is 71.5 Å². The molecule has 0 radical (unpaired) electrons. The van der Waals surface area contributed by atoms with E-state index in [-0.39, 0.29) is 18.5 Å². The zero-order valence-electron chi connectivity index (χ0n) is 31.1. The van der Waals surface area contributed by atoms with Crippen molar-refractivity contribution in [3.8, 4) is 16.8 Å². The van der Waals surface area contributed by atoms with Gasteiger partial charge in [0.25, 0.3) is 0 Å². The summed E-state index contributed by atoms with van der Waals surface area (Å²) < 4.78 is 16.0. The third-order valence-electron chi connectivity index (χ3n) is 12.0. The summed E-state index contributed by atoms with van der Waals surface area (Å²) in [5, 5.41) is 18.4. The lowest BCUT2D eigenvalue weighted by Crippen LogP contribution is -2.59. The van der Waals surface area contributed by atoms with Crippen molar-refractivity contribution >= 4 is 65.7 Å². The van der Waals surface area contributed by atoms with E-state index < -0.39 is 0 Å². The molecular weight excluding hydrogens is 701 g/mol. The van der Waals surface area contributed by atoms with Gasteiger partial charge < -0.3 is 13.4 Å². The van der Waals surface area contributed by atoms with Crippen molar-refractivity contribution in [2.45, 2.75) is 31.3 Å². The van der Waals surface area contributed by atoms with E-state index in [1.807, 2.05) is 0 Å². The van der Waals surface area contributed by atoms with Crippen molar-refractivity contribution in [2.24, 2.45) is 0 Å². The highest BCUT2D eigenvalue weighted by Gasteiger charge is 2.32. The number of furan rings is 2. The maximum atomic E-state index is 6.86. The number of hydrogen-bond acceptors (Lipinski definition) is 5. The molecule has 3 atom stereocenters. The van der Waals surface area contributed by atoms with Crippen LogP contribution in [0.5, 0.6) is 0 Å². The summed E-state index contributed by atoms with van der Waals surface area (Å²) in [6.45, 7) is 0. The quantitative estimate of drug-likeness (QED) is 0.164. The van der Waals surface area contributed by atoms with Gasteiger partial charge in [-0.2, -0.15) is 0 Å². The van der Waals surface area contributed by atoms with Crippen LogP contribution in [-0.4, -0.2) is 10.7 Å². The minimum atomic E-state index is -0.138. The third kappa shape index (κ3) is 5.15. The summed E-state index contributed by atoms with van der Waals surface area (Å²) in [5.74, 6) is 0. The summed E-state index contributed by atoms with van der Waals surface area (Å²) in [5.41, 5.74) is 12.5. The number of para-hydroxylation sites is 4. The molecule has 2 aliphatic rings. The molecule has 3 aromatic heterocycles. The SMILES string of the molecule is C1=CC(C2NC(c3ccccc3)NC(c3cccc4oc5c(-c6ccc7c(c6)oc6c(-n8c9ccccc9c9ccccc98)cccc67)cccc5c34)N2)=CCC1. The Morgan fingerprint density at radius 2 is 1.21 bits per heavy atom. The first-order valence-corrected chi connectivity index (χ1v) is 19.8. The van der Waals surface area contributed by atoms with Crippen LogP contribution in [0.4, 0.5) is 0 Å². The Kier molecular flexibility index (Phi) is 7.38. The van der Waals surface area contributed by atoms with Crippen LogP contribution >= 0.6 is 0 Å². The zero-order valence-corrected chi connectivity index (χ0v) is 31.1. The molecule has 4 heterocycles. The van der Waals surface area contributed by atoms with Crippen LogP contribution in [0.1, 0.15) is 36.3 Å². The maximum absolute atomic E-state index is 6.86. The Bertz CT molecular complexity index is 3200. The van der Waals surface area contributed by atoms with Gasteiger partial charge in [0.05, 0.1) is 35.2 Å². The average molecular weight is 739 g/mol. The normalized spacial score (nSPS) is 18.7. The molecule has 3 unspecified atom stereocenters. The van der Waals surface area contributed by atoms with Crippen LogP contribution in [0.3, 0.4) is 0 Å². The van der Waals surface area contributed by atoms with E-state index in [2.05, 4.69) is 190 Å². The van der Waals surface area contributed by atoms with Crippen molar-refractivity contribution in [2.75, 3.05) is 0 Å². The Labute approximate surface area is 328 Å². The second-order valence-corrected chi connectivity index (χ2v) is 15.2. The van der Waals surface area contributed by atoms with Gasteiger partial charge in [0.2, 0.25) is 0 Å². The second kappa shape index (κ2) is 12.9. The molecule has 1 fully saturated rings. The molecule has 57 heavy (non-hydrogen) atoms. The average Bonchev–Trinajstić information content (AvgIpc) is 3.96. The largest absolute Gasteiger partial charge is 0.455 e. The van der Waals surface area contributed by atoms with Crippen molar-refractivity contribution in [1.29, 1.82) is 0 Å². The van der Waals surface area contributed by atoms with Crippen molar-refractivity contribution in [3.63, 3.8) is 0 Å². The first kappa shape index (κ1) is 32.5. The summed E-state index contributed by atoms with van der Waals surface area (Å²) in [6.07, 6.45) is 8.79. The van der Waals surface area contributed by atoms with Crippen LogP contribution in [0.25, 0.3) is 82.5 Å². The van der Waals surface area contributed by atoms with E-state index in [1.165, 1.54) is 21.9 Å². The van der Waals surface area contributed by atoms with Gasteiger partial charge in [-0.1, -0.05) is 133 Å². The molecule has 0 saturated carbocycles. The number of fused-ring (bicyclic) bond motifs is 9. The molecule has 7 aromatic carbocycles. The maximum Gasteiger partial charge on any atom is 0.159 e. The van der Waals surface area contributed by atoms with Gasteiger partial charge in [0.1, 0.15) is 16.7 Å². The topological polar surface area (TPSA) is 67.3 Å². The van der Waals surface area contributed by atoms with Crippen LogP contribution in [-0.2, 0) is 0 Å². The molecule has 0 bridgehead atoms. The lowest BCUT2D eigenvalue weighted by atomic mass is 9.97. The lowest BCUT2D eigenvalue weighted by molar-refractivity contribution is 0.225. The molecular formula is C51H38N4O2. The van der Waals surface area contributed by atoms with E-state index in [0.29, 0.717) is 0 Å². The fourth-order valence-electron chi connectivity index (χ4n) is 9.35. The van der Waals surface area contributed by atoms with Gasteiger partial charge in [0, 0.05) is 37.9 Å². The molecule has 1 saturated heterocycles. The summed E-state index contributed by atoms with van der Waals surface area (Å²) in [7, 11) is 0. The molecule has 12 rings (SSSR count). The summed E-state index contributed by atoms with van der Waals surface area (Å²) >= 11 is 0. The van der Waals surface area contributed by atoms with E-state index in [4.69, 9.17) is 8.83 Å². The fraction of sp³-hybridized carbons (Fsp3) is 0.0980. The lowest BCUT2D eigenvalue weighted by Gasteiger charge is -2.40. The van der Waals surface area contributed by atoms with Gasteiger partial charge in [-0.15, -0.1) is 0 Å². The molecule has 6 heteroatoms. The van der Waals surface area contributed by atoms with Gasteiger partial charge in [-0.25, -0.2) is 0 Å². The van der Waals surface area contributed by atoms with Gasteiger partial charge >= 0.3 is 0 Å². The molecule has 1 aliphatic heterocycles. The van der Waals surface area contributed by atoms with Gasteiger partial charge in [0.15, 0.2) is 5.58 Å². The third-order valence-corrected chi connectivity index (χ3v) is 12.0. The van der Waals surface area contributed by atoms with Crippen molar-refractivity contribution < 1.29 is 8.83 Å². The van der Waals surface area contributed by atoms with E-state index in [9.17, 15) is 0 Å². The zero-order chi connectivity index (χ0) is 37.5. The van der Waals surface area contributed by atoms with E-state index >= 15 is 0 Å². The van der Waals surface area contributed by atoms with Crippen LogP contribution < -0.4 is 16.0 Å². The number of aromatic nitrogens is 1. The predicted molar refractivity (Wildman–Crippen MR) is 232 cm³/mol. The van der Waals surface area contributed by atoms with Crippen LogP contribution in [0.2, 0.25) is 0 Å². The highest BCUT2D eigenvalue weighted by Crippen LogP contribution is 2.42. The fourth-order valence-corrected chi connectivity index (χ4v) is 9.35. The number of benzene rings is 7. The molecule has 0 amide bonds. The standard InChI is InChI=1S/C51H38N4O2/c1-3-14-31(15-4-1)49-52-50(32-16-5-2-6-17-32)54-51(53-49)40-23-13-27-44-46(40)39-22-11-20-34(47(39)56-44)33-28-29-37-38-21-12-26-43(48(38)57-45(37)30-33)55-41-24-9-7-18-35(41)36-19-8-10-25-42(36)55/h1,3-5,7-30,49-54H,2,6H2. The minimum Gasteiger partial charge on any atom is -0.455 e. The monoisotopic (exact) mass is 738 g/mol. The number of allylic oxidation sites excluding steroid dienone is 2. The highest BCUT2D eigenvalue weighted by atomic mass is 16.3. The second-order valence-electron chi connectivity index (χ2n) is 15.2. The molecule has 0 spiro atoms. The molecule has 10 aromatic rings. The Morgan fingerprint density at radius 3 is 2.04 bits per heavy atom. The van der Waals surface area contributed by atoms with E-state index in [0.717, 1.165) is 90.1 Å². The summed E-state index contributed by atoms with van der Waals surface area (Å²) in [6, 6.07) is 53.8. The number of nitrogens with zero attached hydrogens (tertiary/aromatic N) is 1.